The molecule has 3 aromatic rings. The van der Waals surface area contributed by atoms with Crippen LogP contribution < -0.4 is 10.9 Å². The summed E-state index contributed by atoms with van der Waals surface area (Å²) < 4.78 is 23.5. The minimum Gasteiger partial charge on any atom is -0.338 e. The van der Waals surface area contributed by atoms with Crippen molar-refractivity contribution in [2.24, 2.45) is 5.92 Å². The number of nitrogens with one attached hydrogen (secondary N) is 2. The second-order valence-corrected chi connectivity index (χ2v) is 11.7. The zero-order valence-electron chi connectivity index (χ0n) is 18.1. The molecule has 2 atom stereocenters. The van der Waals surface area contributed by atoms with Crippen molar-refractivity contribution in [1.29, 1.82) is 0 Å². The van der Waals surface area contributed by atoms with Gasteiger partial charge in [-0.3, -0.25) is 25.2 Å². The summed E-state index contributed by atoms with van der Waals surface area (Å²) in [7, 11) is -3.14. The van der Waals surface area contributed by atoms with Gasteiger partial charge in [-0.2, -0.15) is 0 Å². The molecule has 1 aromatic carbocycles. The number of benzene rings is 1. The van der Waals surface area contributed by atoms with Gasteiger partial charge in [0.25, 0.3) is 5.91 Å². The third-order valence-electron chi connectivity index (χ3n) is 6.21. The predicted molar refractivity (Wildman–Crippen MR) is 128 cm³/mol. The first-order chi connectivity index (χ1) is 16.3. The number of carbonyl (C=O) groups excluding carboxylic acids is 3. The van der Waals surface area contributed by atoms with Crippen molar-refractivity contribution in [2.75, 3.05) is 18.1 Å². The third-order valence-corrected chi connectivity index (χ3v) is 8.85. The van der Waals surface area contributed by atoms with Gasteiger partial charge in [0.05, 0.1) is 39.1 Å². The summed E-state index contributed by atoms with van der Waals surface area (Å²) in [5, 5.41) is 2.58. The SMILES string of the molecule is O=C(NNC(=O)C1CC(=O)N(C2CCS(=O)(=O)C2)C1)c1cc(-c2cccs2)nc2ccccc12. The molecule has 5 rings (SSSR count). The van der Waals surface area contributed by atoms with Crippen molar-refractivity contribution >= 4 is 49.8 Å². The number of sulfone groups is 1. The maximum absolute atomic E-state index is 13.0. The van der Waals surface area contributed by atoms with Crippen LogP contribution in [0.2, 0.25) is 0 Å². The highest BCUT2D eigenvalue weighted by Crippen LogP contribution is 2.28. The Morgan fingerprint density at radius 1 is 1.12 bits per heavy atom. The number of fused-ring (bicyclic) bond motifs is 1. The second-order valence-electron chi connectivity index (χ2n) is 8.50. The number of aromatic nitrogens is 1. The van der Waals surface area contributed by atoms with Gasteiger partial charge in [0.2, 0.25) is 11.8 Å². The van der Waals surface area contributed by atoms with Crippen LogP contribution in [0.4, 0.5) is 0 Å². The van der Waals surface area contributed by atoms with Crippen molar-refractivity contribution in [3.8, 4) is 10.6 Å². The third kappa shape index (κ3) is 4.40. The molecule has 2 N–H and O–H groups in total. The lowest BCUT2D eigenvalue weighted by molar-refractivity contribution is -0.130. The summed E-state index contributed by atoms with van der Waals surface area (Å²) in [5.41, 5.74) is 6.59. The van der Waals surface area contributed by atoms with Gasteiger partial charge in [0.1, 0.15) is 0 Å². The first kappa shape index (κ1) is 22.5. The molecule has 2 saturated heterocycles. The van der Waals surface area contributed by atoms with Crippen LogP contribution in [-0.4, -0.2) is 60.1 Å². The van der Waals surface area contributed by atoms with Crippen LogP contribution in [0.3, 0.4) is 0 Å². The van der Waals surface area contributed by atoms with Gasteiger partial charge in [-0.05, 0) is 30.0 Å². The molecule has 2 aliphatic rings. The van der Waals surface area contributed by atoms with Crippen LogP contribution in [0.25, 0.3) is 21.5 Å². The summed E-state index contributed by atoms with van der Waals surface area (Å²) in [4.78, 5) is 45.2. The summed E-state index contributed by atoms with van der Waals surface area (Å²) in [6.45, 7) is 0.140. The molecule has 34 heavy (non-hydrogen) atoms. The van der Waals surface area contributed by atoms with Gasteiger partial charge in [-0.1, -0.05) is 24.3 Å². The van der Waals surface area contributed by atoms with Crippen LogP contribution in [0.5, 0.6) is 0 Å². The van der Waals surface area contributed by atoms with Crippen molar-refractivity contribution in [3.05, 3.63) is 53.4 Å². The van der Waals surface area contributed by atoms with Gasteiger partial charge in [-0.25, -0.2) is 13.4 Å². The highest BCUT2D eigenvalue weighted by atomic mass is 32.2. The van der Waals surface area contributed by atoms with E-state index in [0.717, 1.165) is 4.88 Å². The Morgan fingerprint density at radius 3 is 2.68 bits per heavy atom. The normalized spacial score (nSPS) is 21.6. The number of thiophene rings is 1. The smallest absolute Gasteiger partial charge is 0.270 e. The van der Waals surface area contributed by atoms with Crippen molar-refractivity contribution < 1.29 is 22.8 Å². The zero-order chi connectivity index (χ0) is 23.9. The first-order valence-electron chi connectivity index (χ1n) is 10.8. The number of hydrogen-bond acceptors (Lipinski definition) is 7. The highest BCUT2D eigenvalue weighted by molar-refractivity contribution is 7.91. The average molecular weight is 499 g/mol. The lowest BCUT2D eigenvalue weighted by Crippen LogP contribution is -2.45. The summed E-state index contributed by atoms with van der Waals surface area (Å²) >= 11 is 1.51. The Bertz CT molecular complexity index is 1390. The molecular formula is C23H22N4O5S2. The Labute approximate surface area is 200 Å². The number of hydrogen-bond donors (Lipinski definition) is 2. The fraction of sp³-hybridized carbons (Fsp3) is 0.304. The Hall–Kier alpha value is -3.31. The maximum atomic E-state index is 13.0. The summed E-state index contributed by atoms with van der Waals surface area (Å²) in [6.07, 6.45) is 0.375. The van der Waals surface area contributed by atoms with E-state index in [4.69, 9.17) is 0 Å². The monoisotopic (exact) mass is 498 g/mol. The zero-order valence-corrected chi connectivity index (χ0v) is 19.7. The highest BCUT2D eigenvalue weighted by Gasteiger charge is 2.42. The molecule has 0 saturated carbocycles. The van der Waals surface area contributed by atoms with Crippen molar-refractivity contribution in [3.63, 3.8) is 0 Å². The molecule has 2 aromatic heterocycles. The molecule has 4 heterocycles. The van der Waals surface area contributed by atoms with Crippen LogP contribution in [0.1, 0.15) is 23.2 Å². The minimum atomic E-state index is -3.14. The number of carbonyl (C=O) groups is 3. The fourth-order valence-corrected chi connectivity index (χ4v) is 6.90. The van der Waals surface area contributed by atoms with E-state index >= 15 is 0 Å². The largest absolute Gasteiger partial charge is 0.338 e. The van der Waals surface area contributed by atoms with E-state index in [1.165, 1.54) is 16.2 Å². The molecule has 0 radical (unpaired) electrons. The van der Waals surface area contributed by atoms with E-state index in [0.29, 0.717) is 28.6 Å². The number of rotatable bonds is 4. The van der Waals surface area contributed by atoms with Gasteiger partial charge < -0.3 is 4.90 Å². The summed E-state index contributed by atoms with van der Waals surface area (Å²) in [6, 6.07) is 12.4. The molecule has 0 spiro atoms. The average Bonchev–Trinajstić information content (AvgIpc) is 3.56. The van der Waals surface area contributed by atoms with E-state index in [-0.39, 0.29) is 36.4 Å². The Balaban J connectivity index is 1.28. The lowest BCUT2D eigenvalue weighted by atomic mass is 10.1. The van der Waals surface area contributed by atoms with E-state index < -0.39 is 27.6 Å². The van der Waals surface area contributed by atoms with Crippen LogP contribution in [0.15, 0.2) is 47.8 Å². The minimum absolute atomic E-state index is 0.0149. The molecule has 0 bridgehead atoms. The topological polar surface area (TPSA) is 126 Å². The predicted octanol–water partition coefficient (Wildman–Crippen LogP) is 1.76. The van der Waals surface area contributed by atoms with Crippen molar-refractivity contribution in [2.45, 2.75) is 18.9 Å². The number of pyridine rings is 1. The van der Waals surface area contributed by atoms with E-state index in [1.54, 1.807) is 12.1 Å². The first-order valence-corrected chi connectivity index (χ1v) is 13.5. The standard InChI is InChI=1S/C23H22N4O5S2/c28-21-10-14(12-27(21)15-7-9-34(31,32)13-15)22(29)25-26-23(30)17-11-19(20-6-3-8-33-20)24-18-5-2-1-4-16(17)18/h1-6,8,11,14-15H,7,9-10,12-13H2,(H,25,29)(H,26,30). The molecule has 2 aliphatic heterocycles. The van der Waals surface area contributed by atoms with Gasteiger partial charge in [0, 0.05) is 24.4 Å². The Kier molecular flexibility index (Phi) is 5.82. The van der Waals surface area contributed by atoms with E-state index in [9.17, 15) is 22.8 Å². The van der Waals surface area contributed by atoms with Crippen molar-refractivity contribution in [1.82, 2.24) is 20.7 Å². The number of likely N-dealkylation sites (tertiary alicyclic amines) is 1. The molecule has 9 nitrogen and oxygen atoms in total. The molecule has 176 valence electrons. The second kappa shape index (κ2) is 8.80. The van der Waals surface area contributed by atoms with Gasteiger partial charge in [0.15, 0.2) is 9.84 Å². The van der Waals surface area contributed by atoms with E-state index in [1.807, 2.05) is 35.7 Å². The molecule has 0 aliphatic carbocycles. The van der Waals surface area contributed by atoms with Crippen LogP contribution in [0, 0.1) is 5.92 Å². The molecule has 3 amide bonds. The summed E-state index contributed by atoms with van der Waals surface area (Å²) in [5.74, 6) is -1.89. The Morgan fingerprint density at radius 2 is 1.94 bits per heavy atom. The number of para-hydroxylation sites is 1. The van der Waals surface area contributed by atoms with Crippen LogP contribution in [-0.2, 0) is 19.4 Å². The number of hydrazine groups is 1. The van der Waals surface area contributed by atoms with Crippen LogP contribution >= 0.6 is 11.3 Å². The molecule has 2 fully saturated rings. The van der Waals surface area contributed by atoms with Gasteiger partial charge in [-0.15, -0.1) is 11.3 Å². The molecule has 2 unspecified atom stereocenters. The lowest BCUT2D eigenvalue weighted by Gasteiger charge is -2.23. The fourth-order valence-electron chi connectivity index (χ4n) is 4.48. The molecule has 11 heteroatoms. The van der Waals surface area contributed by atoms with E-state index in [2.05, 4.69) is 15.8 Å². The maximum Gasteiger partial charge on any atom is 0.270 e. The number of nitrogens with zero attached hydrogens (tertiary/aromatic N) is 2. The molecular weight excluding hydrogens is 476 g/mol. The van der Waals surface area contributed by atoms with Gasteiger partial charge >= 0.3 is 0 Å². The quantitative estimate of drug-likeness (QED) is 0.528. The number of amides is 3.